The van der Waals surface area contributed by atoms with Crippen molar-refractivity contribution in [3.05, 3.63) is 29.1 Å². The Kier molecular flexibility index (Phi) is 1.61. The van der Waals surface area contributed by atoms with Gasteiger partial charge in [-0.15, -0.1) is 0 Å². The van der Waals surface area contributed by atoms with Gasteiger partial charge < -0.3 is 9.72 Å². The third kappa shape index (κ3) is 1.06. The fourth-order valence-corrected chi connectivity index (χ4v) is 2.07. The highest BCUT2D eigenvalue weighted by atomic mass is 16.5. The van der Waals surface area contributed by atoms with Crippen LogP contribution in [0.15, 0.2) is 12.1 Å². The van der Waals surface area contributed by atoms with Gasteiger partial charge >= 0.3 is 0 Å². The van der Waals surface area contributed by atoms with Crippen LogP contribution in [-0.4, -0.2) is 16.6 Å². The fourth-order valence-electron chi connectivity index (χ4n) is 2.07. The number of benzene rings is 1. The molecule has 0 aliphatic carbocycles. The number of nitrogens with zero attached hydrogens (tertiary/aromatic N) is 1. The van der Waals surface area contributed by atoms with Gasteiger partial charge in [0.15, 0.2) is 0 Å². The molecule has 1 aromatic carbocycles. The van der Waals surface area contributed by atoms with E-state index in [1.807, 2.05) is 6.92 Å². The Morgan fingerprint density at radius 1 is 1.43 bits per heavy atom. The van der Waals surface area contributed by atoms with Gasteiger partial charge in [-0.25, -0.2) is 4.98 Å². The number of H-pyrrole nitrogens is 1. The maximum Gasteiger partial charge on any atom is 0.104 e. The lowest BCUT2D eigenvalue weighted by Gasteiger charge is -2.16. The highest BCUT2D eigenvalue weighted by molar-refractivity contribution is 5.80. The predicted octanol–water partition coefficient (Wildman–Crippen LogP) is 1.94. The normalized spacial score (nSPS) is 15.8. The predicted molar refractivity (Wildman–Crippen MR) is 54.2 cm³/mol. The first kappa shape index (κ1) is 8.00. The van der Waals surface area contributed by atoms with E-state index in [0.717, 1.165) is 36.5 Å². The molecule has 3 nitrogen and oxygen atoms in total. The van der Waals surface area contributed by atoms with E-state index in [1.165, 1.54) is 11.1 Å². The van der Waals surface area contributed by atoms with Crippen LogP contribution in [0.1, 0.15) is 17.0 Å². The number of aromatic amines is 1. The van der Waals surface area contributed by atoms with E-state index in [4.69, 9.17) is 4.74 Å². The van der Waals surface area contributed by atoms with Crippen LogP contribution < -0.4 is 0 Å². The molecular formula is C11H12N2O. The van der Waals surface area contributed by atoms with E-state index in [2.05, 4.69) is 22.1 Å². The third-order valence-corrected chi connectivity index (χ3v) is 2.73. The Balaban J connectivity index is 2.33. The second-order valence-electron chi connectivity index (χ2n) is 3.72. The van der Waals surface area contributed by atoms with Crippen molar-refractivity contribution in [3.8, 4) is 0 Å². The van der Waals surface area contributed by atoms with E-state index < -0.39 is 0 Å². The Labute approximate surface area is 82.1 Å². The third-order valence-electron chi connectivity index (χ3n) is 2.73. The fraction of sp³-hybridized carbons (Fsp3) is 0.364. The van der Waals surface area contributed by atoms with Gasteiger partial charge in [0.1, 0.15) is 5.82 Å². The maximum absolute atomic E-state index is 5.41. The maximum atomic E-state index is 5.41. The van der Waals surface area contributed by atoms with Gasteiger partial charge in [-0.2, -0.15) is 0 Å². The summed E-state index contributed by atoms with van der Waals surface area (Å²) in [6, 6.07) is 4.22. The zero-order valence-electron chi connectivity index (χ0n) is 8.13. The minimum absolute atomic E-state index is 0.733. The molecule has 0 atom stereocenters. The summed E-state index contributed by atoms with van der Waals surface area (Å²) >= 11 is 0. The van der Waals surface area contributed by atoms with E-state index in [0.29, 0.717) is 0 Å². The number of nitrogens with one attached hydrogen (secondary N) is 1. The molecule has 1 aliphatic rings. The lowest BCUT2D eigenvalue weighted by molar-refractivity contribution is 0.111. The largest absolute Gasteiger partial charge is 0.376 e. The van der Waals surface area contributed by atoms with Gasteiger partial charge in [-0.3, -0.25) is 0 Å². The van der Waals surface area contributed by atoms with E-state index in [-0.39, 0.29) is 0 Å². The van der Waals surface area contributed by atoms with Crippen LogP contribution in [0, 0.1) is 6.92 Å². The van der Waals surface area contributed by atoms with Crippen LogP contribution in [0.4, 0.5) is 0 Å². The van der Waals surface area contributed by atoms with Crippen molar-refractivity contribution in [2.24, 2.45) is 0 Å². The van der Waals surface area contributed by atoms with Crippen LogP contribution >= 0.6 is 0 Å². The summed E-state index contributed by atoms with van der Waals surface area (Å²) in [7, 11) is 0. The molecule has 1 N–H and O–H groups in total. The Hall–Kier alpha value is -1.35. The molecule has 3 rings (SSSR count). The van der Waals surface area contributed by atoms with Crippen molar-refractivity contribution in [2.75, 3.05) is 6.61 Å². The van der Waals surface area contributed by atoms with E-state index >= 15 is 0 Å². The lowest BCUT2D eigenvalue weighted by atomic mass is 10.0. The molecule has 0 bridgehead atoms. The van der Waals surface area contributed by atoms with Crippen LogP contribution in [-0.2, 0) is 17.8 Å². The summed E-state index contributed by atoms with van der Waals surface area (Å²) in [6.45, 7) is 3.54. The zero-order valence-corrected chi connectivity index (χ0v) is 8.13. The first-order valence-electron chi connectivity index (χ1n) is 4.89. The first-order valence-corrected chi connectivity index (χ1v) is 4.89. The van der Waals surface area contributed by atoms with Crippen molar-refractivity contribution >= 4 is 11.0 Å². The first-order chi connectivity index (χ1) is 6.84. The zero-order chi connectivity index (χ0) is 9.54. The summed E-state index contributed by atoms with van der Waals surface area (Å²) in [4.78, 5) is 7.77. The van der Waals surface area contributed by atoms with Crippen molar-refractivity contribution in [1.29, 1.82) is 0 Å². The Morgan fingerprint density at radius 3 is 3.29 bits per heavy atom. The molecule has 2 aromatic rings. The smallest absolute Gasteiger partial charge is 0.104 e. The average Bonchev–Trinajstić information content (AvgIpc) is 2.59. The molecule has 14 heavy (non-hydrogen) atoms. The molecule has 0 unspecified atom stereocenters. The van der Waals surface area contributed by atoms with Crippen LogP contribution in [0.25, 0.3) is 11.0 Å². The summed E-state index contributed by atoms with van der Waals surface area (Å²) in [5, 5.41) is 0. The molecule has 0 saturated carbocycles. The molecule has 0 saturated heterocycles. The van der Waals surface area contributed by atoms with Gasteiger partial charge in [0, 0.05) is 0 Å². The van der Waals surface area contributed by atoms with E-state index in [1.54, 1.807) is 0 Å². The van der Waals surface area contributed by atoms with Gasteiger partial charge in [0.05, 0.1) is 24.2 Å². The minimum Gasteiger partial charge on any atom is -0.376 e. The number of rotatable bonds is 0. The molecule has 1 aromatic heterocycles. The number of hydrogen-bond acceptors (Lipinski definition) is 2. The summed E-state index contributed by atoms with van der Waals surface area (Å²) in [6.07, 6.45) is 0.983. The molecule has 2 heterocycles. The number of ether oxygens (including phenoxy) is 1. The summed E-state index contributed by atoms with van der Waals surface area (Å²) < 4.78 is 5.41. The van der Waals surface area contributed by atoms with Crippen LogP contribution in [0.3, 0.4) is 0 Å². The quantitative estimate of drug-likeness (QED) is 0.686. The average molecular weight is 188 g/mol. The SMILES string of the molecule is Cc1nc2c3c(ccc2[nH]1)COCC3. The number of fused-ring (bicyclic) bond motifs is 3. The molecule has 0 radical (unpaired) electrons. The minimum atomic E-state index is 0.733. The number of imidazole rings is 1. The van der Waals surface area contributed by atoms with Gasteiger partial charge in [0.2, 0.25) is 0 Å². The molecule has 1 aliphatic heterocycles. The monoisotopic (exact) mass is 188 g/mol. The molecular weight excluding hydrogens is 176 g/mol. The van der Waals surface area contributed by atoms with E-state index in [9.17, 15) is 0 Å². The van der Waals surface area contributed by atoms with Crippen LogP contribution in [0.5, 0.6) is 0 Å². The van der Waals surface area contributed by atoms with Crippen LogP contribution in [0.2, 0.25) is 0 Å². The van der Waals surface area contributed by atoms with Gasteiger partial charge in [0.25, 0.3) is 0 Å². The molecule has 0 fully saturated rings. The summed E-state index contributed by atoms with van der Waals surface area (Å²) in [5.74, 6) is 0.986. The standard InChI is InChI=1S/C11H12N2O/c1-7-12-10-3-2-8-6-14-5-4-9(8)11(10)13-7/h2-3H,4-6H2,1H3,(H,12,13). The Morgan fingerprint density at radius 2 is 2.36 bits per heavy atom. The summed E-state index contributed by atoms with van der Waals surface area (Å²) in [5.41, 5.74) is 4.92. The van der Waals surface area contributed by atoms with Gasteiger partial charge in [-0.1, -0.05) is 6.07 Å². The Bertz CT molecular complexity index is 487. The highest BCUT2D eigenvalue weighted by Gasteiger charge is 2.14. The highest BCUT2D eigenvalue weighted by Crippen LogP contribution is 2.24. The lowest BCUT2D eigenvalue weighted by Crippen LogP contribution is -2.09. The van der Waals surface area contributed by atoms with Crippen molar-refractivity contribution in [3.63, 3.8) is 0 Å². The number of aryl methyl sites for hydroxylation is 1. The molecule has 3 heteroatoms. The topological polar surface area (TPSA) is 37.9 Å². The van der Waals surface area contributed by atoms with Crippen molar-refractivity contribution in [1.82, 2.24) is 9.97 Å². The number of aromatic nitrogens is 2. The second-order valence-corrected chi connectivity index (χ2v) is 3.72. The van der Waals surface area contributed by atoms with Crippen molar-refractivity contribution < 1.29 is 4.74 Å². The molecule has 0 spiro atoms. The molecule has 0 amide bonds. The second kappa shape index (κ2) is 2.82. The van der Waals surface area contributed by atoms with Crippen molar-refractivity contribution in [2.45, 2.75) is 20.0 Å². The number of hydrogen-bond donors (Lipinski definition) is 1. The molecule has 72 valence electrons. The van der Waals surface area contributed by atoms with Gasteiger partial charge in [-0.05, 0) is 30.5 Å².